The Balaban J connectivity index is 2.42. The first-order valence-corrected chi connectivity index (χ1v) is 4.96. The molecule has 3 heteroatoms. The van der Waals surface area contributed by atoms with E-state index in [4.69, 9.17) is 0 Å². The molecule has 2 nitrogen and oxygen atoms in total. The molecule has 1 N–H and O–H groups in total. The van der Waals surface area contributed by atoms with E-state index >= 15 is 0 Å². The Kier molecular flexibility index (Phi) is 1.40. The van der Waals surface area contributed by atoms with Gasteiger partial charge >= 0.3 is 0 Å². The first-order valence-electron chi connectivity index (χ1n) is 4.14. The summed E-state index contributed by atoms with van der Waals surface area (Å²) in [4.78, 5) is 1.29. The molecule has 2 aromatic rings. The van der Waals surface area contributed by atoms with Gasteiger partial charge in [0.15, 0.2) is 0 Å². The molecule has 3 rings (SSSR count). The number of rotatable bonds is 0. The predicted octanol–water partition coefficient (Wildman–Crippen LogP) is 2.52. The monoisotopic (exact) mass is 188 g/mol. The molecule has 1 aliphatic heterocycles. The second-order valence-corrected chi connectivity index (χ2v) is 3.82. The molecule has 0 saturated carbocycles. The molecule has 0 radical (unpaired) electrons. The first-order chi connectivity index (χ1) is 6.45. The largest absolute Gasteiger partial charge is 0.332 e. The van der Waals surface area contributed by atoms with Crippen molar-refractivity contribution in [3.63, 3.8) is 0 Å². The van der Waals surface area contributed by atoms with Gasteiger partial charge in [-0.1, -0.05) is 6.07 Å². The lowest BCUT2D eigenvalue weighted by atomic mass is 10.4. The highest BCUT2D eigenvalue weighted by Gasteiger charge is 2.09. The van der Waals surface area contributed by atoms with Crippen LogP contribution in [0.2, 0.25) is 0 Å². The molecular weight excluding hydrogens is 180 g/mol. The smallest absolute Gasteiger partial charge is 0.0624 e. The minimum Gasteiger partial charge on any atom is -0.332 e. The Bertz CT molecular complexity index is 485. The summed E-state index contributed by atoms with van der Waals surface area (Å²) >= 11 is 1.66. The number of fused-ring (bicyclic) bond motifs is 3. The molecule has 0 saturated heterocycles. The summed E-state index contributed by atoms with van der Waals surface area (Å²) in [6.07, 6.45) is 6.15. The maximum Gasteiger partial charge on any atom is 0.0624 e. The van der Waals surface area contributed by atoms with Gasteiger partial charge in [0.2, 0.25) is 0 Å². The third-order valence-electron chi connectivity index (χ3n) is 2.16. The summed E-state index contributed by atoms with van der Waals surface area (Å²) in [6.45, 7) is 0. The molecule has 3 heterocycles. The van der Waals surface area contributed by atoms with Gasteiger partial charge in [0.05, 0.1) is 10.6 Å². The number of pyridine rings is 1. The predicted molar refractivity (Wildman–Crippen MR) is 55.4 cm³/mol. The SMILES string of the molecule is C1=Cc2c(cc3ccccn23)SN1. The molecule has 0 amide bonds. The molecule has 1 aliphatic rings. The molecule has 0 aromatic carbocycles. The quantitative estimate of drug-likeness (QED) is 0.639. The van der Waals surface area contributed by atoms with Gasteiger partial charge < -0.3 is 9.12 Å². The summed E-state index contributed by atoms with van der Waals surface area (Å²) in [5.41, 5.74) is 2.51. The molecule has 64 valence electrons. The van der Waals surface area contributed by atoms with Crippen molar-refractivity contribution in [2.24, 2.45) is 0 Å². The van der Waals surface area contributed by atoms with Crippen molar-refractivity contribution in [2.75, 3.05) is 0 Å². The van der Waals surface area contributed by atoms with Crippen LogP contribution < -0.4 is 4.72 Å². The Labute approximate surface area is 80.4 Å². The molecular formula is C10H8N2S. The standard InChI is InChI=1S/C10H8N2S/c1-2-6-12-8(3-1)7-10-9(12)4-5-11-13-10/h1-7,11H. The fourth-order valence-corrected chi connectivity index (χ4v) is 2.29. The Morgan fingerprint density at radius 1 is 1.31 bits per heavy atom. The van der Waals surface area contributed by atoms with Gasteiger partial charge in [-0.15, -0.1) is 0 Å². The van der Waals surface area contributed by atoms with Gasteiger partial charge in [-0.05, 0) is 36.2 Å². The number of aromatic nitrogens is 1. The molecule has 0 unspecified atom stereocenters. The first kappa shape index (κ1) is 7.09. The molecule has 0 atom stereocenters. The van der Waals surface area contributed by atoms with E-state index in [2.05, 4.69) is 39.6 Å². The summed E-state index contributed by atoms with van der Waals surface area (Å²) in [7, 11) is 0. The topological polar surface area (TPSA) is 16.4 Å². The number of nitrogens with zero attached hydrogens (tertiary/aromatic N) is 1. The summed E-state index contributed by atoms with van der Waals surface area (Å²) < 4.78 is 5.32. The van der Waals surface area contributed by atoms with E-state index in [9.17, 15) is 0 Å². The lowest BCUT2D eigenvalue weighted by Gasteiger charge is -2.06. The Morgan fingerprint density at radius 2 is 2.31 bits per heavy atom. The van der Waals surface area contributed by atoms with Crippen LogP contribution in [0.15, 0.2) is 41.6 Å². The van der Waals surface area contributed by atoms with Crippen LogP contribution in [0.3, 0.4) is 0 Å². The van der Waals surface area contributed by atoms with Crippen molar-refractivity contribution < 1.29 is 0 Å². The lowest BCUT2D eigenvalue weighted by molar-refractivity contribution is 1.14. The second-order valence-electron chi connectivity index (χ2n) is 2.94. The van der Waals surface area contributed by atoms with Crippen molar-refractivity contribution in [3.8, 4) is 0 Å². The fraction of sp³-hybridized carbons (Fsp3) is 0. The Morgan fingerprint density at radius 3 is 3.31 bits per heavy atom. The van der Waals surface area contributed by atoms with E-state index in [0.717, 1.165) is 0 Å². The van der Waals surface area contributed by atoms with Crippen molar-refractivity contribution in [3.05, 3.63) is 42.4 Å². The van der Waals surface area contributed by atoms with Crippen LogP contribution in [-0.2, 0) is 0 Å². The molecule has 2 aromatic heterocycles. The van der Waals surface area contributed by atoms with Gasteiger partial charge in [0.1, 0.15) is 0 Å². The van der Waals surface area contributed by atoms with Crippen LogP contribution >= 0.6 is 11.9 Å². The van der Waals surface area contributed by atoms with Crippen LogP contribution in [0.4, 0.5) is 0 Å². The molecule has 0 spiro atoms. The van der Waals surface area contributed by atoms with Crippen LogP contribution in [0.5, 0.6) is 0 Å². The second kappa shape index (κ2) is 2.57. The van der Waals surface area contributed by atoms with Crippen LogP contribution in [-0.4, -0.2) is 4.40 Å². The highest BCUT2D eigenvalue weighted by atomic mass is 32.2. The summed E-state index contributed by atoms with van der Waals surface area (Å²) in [6, 6.07) is 8.42. The summed E-state index contributed by atoms with van der Waals surface area (Å²) in [5, 5.41) is 0. The third kappa shape index (κ3) is 0.971. The van der Waals surface area contributed by atoms with Gasteiger partial charge in [-0.25, -0.2) is 0 Å². The minimum atomic E-state index is 1.24. The van der Waals surface area contributed by atoms with Gasteiger partial charge in [0, 0.05) is 17.9 Å². The zero-order chi connectivity index (χ0) is 8.67. The lowest BCUT2D eigenvalue weighted by Crippen LogP contribution is -1.97. The van der Waals surface area contributed by atoms with E-state index in [1.54, 1.807) is 11.9 Å². The van der Waals surface area contributed by atoms with E-state index < -0.39 is 0 Å². The van der Waals surface area contributed by atoms with Crippen molar-refractivity contribution in [1.29, 1.82) is 0 Å². The van der Waals surface area contributed by atoms with Crippen molar-refractivity contribution in [1.82, 2.24) is 9.12 Å². The highest BCUT2D eigenvalue weighted by Crippen LogP contribution is 2.28. The highest BCUT2D eigenvalue weighted by molar-refractivity contribution is 7.97. The molecule has 0 fully saturated rings. The maximum atomic E-state index is 3.12. The zero-order valence-electron chi connectivity index (χ0n) is 6.90. The maximum absolute atomic E-state index is 3.12. The van der Waals surface area contributed by atoms with Crippen LogP contribution in [0, 0.1) is 0 Å². The average Bonchev–Trinajstić information content (AvgIpc) is 2.56. The number of nitrogens with one attached hydrogen (secondary N) is 1. The van der Waals surface area contributed by atoms with E-state index in [-0.39, 0.29) is 0 Å². The minimum absolute atomic E-state index is 1.24. The van der Waals surface area contributed by atoms with Crippen LogP contribution in [0.1, 0.15) is 5.69 Å². The van der Waals surface area contributed by atoms with Crippen LogP contribution in [0.25, 0.3) is 11.6 Å². The molecule has 13 heavy (non-hydrogen) atoms. The van der Waals surface area contributed by atoms with Gasteiger partial charge in [-0.2, -0.15) is 0 Å². The van der Waals surface area contributed by atoms with E-state index in [1.807, 2.05) is 12.3 Å². The number of hydrogen-bond acceptors (Lipinski definition) is 2. The van der Waals surface area contributed by atoms with E-state index in [0.29, 0.717) is 0 Å². The van der Waals surface area contributed by atoms with Crippen molar-refractivity contribution in [2.45, 2.75) is 4.90 Å². The molecule has 0 bridgehead atoms. The Hall–Kier alpha value is -1.35. The van der Waals surface area contributed by atoms with Crippen molar-refractivity contribution >= 4 is 23.5 Å². The third-order valence-corrected chi connectivity index (χ3v) is 2.96. The van der Waals surface area contributed by atoms with E-state index in [1.165, 1.54) is 16.1 Å². The zero-order valence-corrected chi connectivity index (χ0v) is 7.71. The fourth-order valence-electron chi connectivity index (χ4n) is 1.57. The number of hydrogen-bond donors (Lipinski definition) is 1. The summed E-state index contributed by atoms with van der Waals surface area (Å²) in [5.74, 6) is 0. The molecule has 0 aliphatic carbocycles. The average molecular weight is 188 g/mol. The normalized spacial score (nSPS) is 14.2. The van der Waals surface area contributed by atoms with Gasteiger partial charge in [-0.3, -0.25) is 0 Å². The van der Waals surface area contributed by atoms with Gasteiger partial charge in [0.25, 0.3) is 0 Å².